The average molecular weight is 568 g/mol. The van der Waals surface area contributed by atoms with Gasteiger partial charge in [-0.25, -0.2) is 4.98 Å². The number of piperazine rings is 1. The first-order valence-corrected chi connectivity index (χ1v) is 13.2. The maximum absolute atomic E-state index is 13.8. The first kappa shape index (κ1) is 28.1. The number of nitrogens with two attached hydrogens (primary N) is 1. The molecule has 41 heavy (non-hydrogen) atoms. The van der Waals surface area contributed by atoms with E-state index in [0.29, 0.717) is 30.1 Å². The fraction of sp³-hybridized carbons (Fsp3) is 0.310. The second-order valence-corrected chi connectivity index (χ2v) is 9.90. The maximum Gasteiger partial charge on any atom is 0.416 e. The van der Waals surface area contributed by atoms with Crippen molar-refractivity contribution in [2.75, 3.05) is 32.7 Å². The maximum atomic E-state index is 13.8. The molecule has 3 N–H and O–H groups in total. The molecular formula is C29H28F3N5O4. The Morgan fingerprint density at radius 1 is 1.00 bits per heavy atom. The van der Waals surface area contributed by atoms with Crippen molar-refractivity contribution in [3.63, 3.8) is 0 Å². The molecule has 0 aliphatic carbocycles. The van der Waals surface area contributed by atoms with Crippen LogP contribution in [0.25, 0.3) is 11.3 Å². The lowest BCUT2D eigenvalue weighted by molar-refractivity contribution is -0.140. The summed E-state index contributed by atoms with van der Waals surface area (Å²) < 4.78 is 47.6. The van der Waals surface area contributed by atoms with Gasteiger partial charge in [0.2, 0.25) is 11.8 Å². The first-order valence-electron chi connectivity index (χ1n) is 13.2. The lowest BCUT2D eigenvalue weighted by Gasteiger charge is -2.36. The van der Waals surface area contributed by atoms with Crippen molar-refractivity contribution < 1.29 is 32.3 Å². The summed E-state index contributed by atoms with van der Waals surface area (Å²) in [6.45, 7) is 1.42. The highest BCUT2D eigenvalue weighted by Gasteiger charge is 2.39. The van der Waals surface area contributed by atoms with Crippen LogP contribution in [0.15, 0.2) is 60.7 Å². The molecule has 2 fully saturated rings. The smallest absolute Gasteiger partial charge is 0.416 e. The third-order valence-corrected chi connectivity index (χ3v) is 7.10. The highest BCUT2D eigenvalue weighted by molar-refractivity contribution is 5.91. The van der Waals surface area contributed by atoms with Gasteiger partial charge >= 0.3 is 6.18 Å². The molecule has 214 valence electrons. The number of alkyl halides is 3. The van der Waals surface area contributed by atoms with Crippen molar-refractivity contribution in [2.24, 2.45) is 5.73 Å². The van der Waals surface area contributed by atoms with Gasteiger partial charge in [0, 0.05) is 37.3 Å². The fourth-order valence-electron chi connectivity index (χ4n) is 5.06. The van der Waals surface area contributed by atoms with Crippen molar-refractivity contribution in [1.82, 2.24) is 20.1 Å². The molecule has 1 aromatic heterocycles. The molecule has 3 aromatic rings. The average Bonchev–Trinajstić information content (AvgIpc) is 3.49. The van der Waals surface area contributed by atoms with Crippen LogP contribution in [0.3, 0.4) is 0 Å². The molecule has 0 bridgehead atoms. The molecule has 12 heteroatoms. The van der Waals surface area contributed by atoms with Crippen LogP contribution in [-0.2, 0) is 15.8 Å². The van der Waals surface area contributed by atoms with E-state index < -0.39 is 23.7 Å². The summed E-state index contributed by atoms with van der Waals surface area (Å²) in [6.07, 6.45) is -3.05. The van der Waals surface area contributed by atoms with E-state index in [1.54, 1.807) is 46.2 Å². The molecule has 2 saturated heterocycles. The summed E-state index contributed by atoms with van der Waals surface area (Å²) in [5.41, 5.74) is 5.71. The normalized spacial score (nSPS) is 16.8. The molecule has 1 atom stereocenters. The van der Waals surface area contributed by atoms with Crippen molar-refractivity contribution >= 4 is 17.7 Å². The number of aromatic nitrogens is 1. The molecule has 2 aromatic carbocycles. The number of nitrogens with one attached hydrogen (secondary N) is 1. The number of amides is 3. The Hall–Kier alpha value is -4.45. The minimum Gasteiger partial charge on any atom is -0.457 e. The van der Waals surface area contributed by atoms with Gasteiger partial charge in [0.15, 0.2) is 0 Å². The van der Waals surface area contributed by atoms with Crippen molar-refractivity contribution in [3.8, 4) is 22.8 Å². The number of nitrogens with zero attached hydrogens (tertiary/aromatic N) is 3. The molecule has 2 aliphatic rings. The van der Waals surface area contributed by atoms with Crippen molar-refractivity contribution in [2.45, 2.75) is 25.1 Å². The van der Waals surface area contributed by atoms with E-state index in [9.17, 15) is 27.6 Å². The van der Waals surface area contributed by atoms with Gasteiger partial charge in [0.1, 0.15) is 23.2 Å². The van der Waals surface area contributed by atoms with Crippen molar-refractivity contribution in [3.05, 3.63) is 77.5 Å². The number of hydrogen-bond acceptors (Lipinski definition) is 6. The number of halogens is 3. The van der Waals surface area contributed by atoms with Crippen LogP contribution < -0.4 is 15.8 Å². The fourth-order valence-corrected chi connectivity index (χ4v) is 5.06. The van der Waals surface area contributed by atoms with Gasteiger partial charge < -0.3 is 20.7 Å². The Kier molecular flexibility index (Phi) is 7.93. The molecule has 9 nitrogen and oxygen atoms in total. The minimum absolute atomic E-state index is 0.0336. The number of likely N-dealkylation sites (tertiary alicyclic amines) is 1. The van der Waals surface area contributed by atoms with E-state index in [1.807, 2.05) is 0 Å². The van der Waals surface area contributed by atoms with Crippen LogP contribution in [0.5, 0.6) is 11.5 Å². The highest BCUT2D eigenvalue weighted by Crippen LogP contribution is 2.40. The molecule has 1 unspecified atom stereocenters. The second kappa shape index (κ2) is 11.6. The van der Waals surface area contributed by atoms with E-state index in [-0.39, 0.29) is 48.5 Å². The zero-order valence-corrected chi connectivity index (χ0v) is 22.0. The van der Waals surface area contributed by atoms with E-state index in [0.717, 1.165) is 25.0 Å². The SMILES string of the molecule is NC(=O)c1cccc(-c2ccc(Oc3ccc(C(F)(F)F)cc3C(C(=O)N3CCCC3)N3CCNC(=O)C3)cc2)n1. The number of ether oxygens (including phenoxy) is 1. The molecule has 3 amide bonds. The van der Waals surface area contributed by atoms with E-state index in [4.69, 9.17) is 10.5 Å². The Bertz CT molecular complexity index is 1460. The quantitative estimate of drug-likeness (QED) is 0.449. The van der Waals surface area contributed by atoms with Gasteiger partial charge in [-0.05, 0) is 67.4 Å². The zero-order chi connectivity index (χ0) is 29.1. The lowest BCUT2D eigenvalue weighted by Crippen LogP contribution is -2.52. The van der Waals surface area contributed by atoms with E-state index in [1.165, 1.54) is 12.1 Å². The molecule has 0 radical (unpaired) electrons. The number of carbonyl (C=O) groups is 3. The summed E-state index contributed by atoms with van der Waals surface area (Å²) in [5, 5.41) is 2.70. The standard InChI is InChI=1S/C29H28F3N5O4/c30-29(31,32)19-8-11-24(41-20-9-6-18(7-10-20)22-4-3-5-23(35-22)27(33)39)21(16-19)26(28(40)36-13-1-2-14-36)37-15-12-34-25(38)17-37/h3-11,16,26H,1-2,12-15,17H2,(H2,33,39)(H,34,38). The molecule has 5 rings (SSSR count). The number of carbonyl (C=O) groups excluding carboxylic acids is 3. The lowest BCUT2D eigenvalue weighted by atomic mass is 9.98. The van der Waals surface area contributed by atoms with Crippen LogP contribution in [0.2, 0.25) is 0 Å². The largest absolute Gasteiger partial charge is 0.457 e. The molecule has 2 aliphatic heterocycles. The summed E-state index contributed by atoms with van der Waals surface area (Å²) in [4.78, 5) is 45.0. The van der Waals surface area contributed by atoms with Gasteiger partial charge in [-0.1, -0.05) is 6.07 Å². The summed E-state index contributed by atoms with van der Waals surface area (Å²) in [7, 11) is 0. The first-order chi connectivity index (χ1) is 19.6. The molecule has 0 saturated carbocycles. The highest BCUT2D eigenvalue weighted by atomic mass is 19.4. The predicted molar refractivity (Wildman–Crippen MR) is 143 cm³/mol. The van der Waals surface area contributed by atoms with Gasteiger partial charge in [-0.15, -0.1) is 0 Å². The Morgan fingerprint density at radius 2 is 1.73 bits per heavy atom. The summed E-state index contributed by atoms with van der Waals surface area (Å²) in [5.74, 6) is -0.954. The van der Waals surface area contributed by atoms with Crippen LogP contribution in [0, 0.1) is 0 Å². The van der Waals surface area contributed by atoms with Gasteiger partial charge in [-0.3, -0.25) is 19.3 Å². The van der Waals surface area contributed by atoms with Gasteiger partial charge in [0.05, 0.1) is 17.8 Å². The Labute approximate surface area is 234 Å². The van der Waals surface area contributed by atoms with Gasteiger partial charge in [-0.2, -0.15) is 13.2 Å². The topological polar surface area (TPSA) is 118 Å². The van der Waals surface area contributed by atoms with Crippen LogP contribution in [0.4, 0.5) is 13.2 Å². The Morgan fingerprint density at radius 3 is 2.39 bits per heavy atom. The predicted octanol–water partition coefficient (Wildman–Crippen LogP) is 3.75. The van der Waals surface area contributed by atoms with Crippen LogP contribution in [-0.4, -0.2) is 65.2 Å². The van der Waals surface area contributed by atoms with E-state index in [2.05, 4.69) is 10.3 Å². The van der Waals surface area contributed by atoms with Crippen LogP contribution in [0.1, 0.15) is 40.5 Å². The number of benzene rings is 2. The molecular weight excluding hydrogens is 539 g/mol. The van der Waals surface area contributed by atoms with Gasteiger partial charge in [0.25, 0.3) is 5.91 Å². The number of rotatable bonds is 7. The van der Waals surface area contributed by atoms with Crippen molar-refractivity contribution in [1.29, 1.82) is 0 Å². The van der Waals surface area contributed by atoms with E-state index >= 15 is 0 Å². The number of pyridine rings is 1. The second-order valence-electron chi connectivity index (χ2n) is 9.90. The summed E-state index contributed by atoms with van der Waals surface area (Å²) >= 11 is 0. The zero-order valence-electron chi connectivity index (χ0n) is 22.0. The minimum atomic E-state index is -4.65. The molecule has 3 heterocycles. The van der Waals surface area contributed by atoms with Crippen LogP contribution >= 0.6 is 0 Å². The summed E-state index contributed by atoms with van der Waals surface area (Å²) in [6, 6.07) is 13.4. The third-order valence-electron chi connectivity index (χ3n) is 7.10. The monoisotopic (exact) mass is 567 g/mol. The Balaban J connectivity index is 1.52. The number of primary amides is 1. The third kappa shape index (κ3) is 6.32. The molecule has 0 spiro atoms. The number of hydrogen-bond donors (Lipinski definition) is 2.